The molecule has 1 aliphatic rings. The summed E-state index contributed by atoms with van der Waals surface area (Å²) in [6, 6.07) is 15.5. The van der Waals surface area contributed by atoms with Gasteiger partial charge in [0.15, 0.2) is 0 Å². The smallest absolute Gasteiger partial charge is 0.245 e. The quantitative estimate of drug-likeness (QED) is 0.571. The van der Waals surface area contributed by atoms with E-state index in [1.54, 1.807) is 14.1 Å². The Labute approximate surface area is 232 Å². The Hall–Kier alpha value is -3.68. The van der Waals surface area contributed by atoms with Gasteiger partial charge in [-0.05, 0) is 29.4 Å². The summed E-state index contributed by atoms with van der Waals surface area (Å²) >= 11 is 0. The molecule has 3 rings (SSSR count). The number of amides is 4. The summed E-state index contributed by atoms with van der Waals surface area (Å²) in [7, 11) is 3.19. The van der Waals surface area contributed by atoms with Gasteiger partial charge in [-0.2, -0.15) is 0 Å². The zero-order valence-corrected chi connectivity index (χ0v) is 23.9. The van der Waals surface area contributed by atoms with Gasteiger partial charge in [0, 0.05) is 26.9 Å². The van der Waals surface area contributed by atoms with Crippen LogP contribution in [0.15, 0.2) is 60.7 Å². The Balaban J connectivity index is 2.06. The zero-order chi connectivity index (χ0) is 28.7. The molecule has 4 amide bonds. The van der Waals surface area contributed by atoms with Gasteiger partial charge < -0.3 is 20.4 Å². The van der Waals surface area contributed by atoms with E-state index in [0.717, 1.165) is 11.1 Å². The fourth-order valence-electron chi connectivity index (χ4n) is 4.98. The summed E-state index contributed by atoms with van der Waals surface area (Å²) in [5, 5.41) is 5.89. The molecule has 210 valence electrons. The van der Waals surface area contributed by atoms with E-state index in [2.05, 4.69) is 10.6 Å². The Kier molecular flexibility index (Phi) is 10.3. The fraction of sp³-hybridized carbons (Fsp3) is 0.484. The molecule has 1 aliphatic heterocycles. The number of hydrogen-bond acceptors (Lipinski definition) is 4. The van der Waals surface area contributed by atoms with Crippen LogP contribution in [-0.4, -0.2) is 71.7 Å². The molecule has 0 unspecified atom stereocenters. The van der Waals surface area contributed by atoms with E-state index in [1.807, 2.05) is 88.4 Å². The van der Waals surface area contributed by atoms with E-state index < -0.39 is 36.0 Å². The lowest BCUT2D eigenvalue weighted by Crippen LogP contribution is -2.63. The zero-order valence-electron chi connectivity index (χ0n) is 23.9. The molecule has 1 heterocycles. The molecule has 4 atom stereocenters. The average molecular weight is 535 g/mol. The van der Waals surface area contributed by atoms with E-state index in [1.165, 1.54) is 9.80 Å². The van der Waals surface area contributed by atoms with Gasteiger partial charge >= 0.3 is 0 Å². The van der Waals surface area contributed by atoms with Gasteiger partial charge in [0.2, 0.25) is 23.6 Å². The molecule has 0 bridgehead atoms. The van der Waals surface area contributed by atoms with Crippen molar-refractivity contribution in [2.45, 2.75) is 71.1 Å². The fourth-order valence-corrected chi connectivity index (χ4v) is 4.98. The van der Waals surface area contributed by atoms with Crippen molar-refractivity contribution >= 4 is 23.6 Å². The van der Waals surface area contributed by atoms with Crippen molar-refractivity contribution in [2.75, 3.05) is 14.1 Å². The van der Waals surface area contributed by atoms with Gasteiger partial charge in [-0.1, -0.05) is 88.4 Å². The molecule has 0 spiro atoms. The average Bonchev–Trinajstić information content (AvgIpc) is 2.91. The maximum Gasteiger partial charge on any atom is 0.245 e. The number of likely N-dealkylation sites (N-methyl/N-ethyl adjacent to an activating group) is 2. The molecule has 0 radical (unpaired) electrons. The molecule has 2 aromatic carbocycles. The molecular formula is C31H42N4O4. The van der Waals surface area contributed by atoms with Gasteiger partial charge in [-0.15, -0.1) is 0 Å². The molecule has 0 aromatic heterocycles. The lowest BCUT2D eigenvalue weighted by Gasteiger charge is -2.37. The minimum absolute atomic E-state index is 0.110. The summed E-state index contributed by atoms with van der Waals surface area (Å²) in [6.45, 7) is 7.67. The van der Waals surface area contributed by atoms with E-state index in [4.69, 9.17) is 0 Å². The third-order valence-corrected chi connectivity index (χ3v) is 7.33. The maximum absolute atomic E-state index is 13.9. The molecule has 1 fully saturated rings. The first kappa shape index (κ1) is 29.9. The third-order valence-electron chi connectivity index (χ3n) is 7.33. The highest BCUT2D eigenvalue weighted by Crippen LogP contribution is 2.18. The Morgan fingerprint density at radius 2 is 1.10 bits per heavy atom. The number of hydrogen-bond donors (Lipinski definition) is 2. The molecule has 8 heteroatoms. The van der Waals surface area contributed by atoms with E-state index in [0.29, 0.717) is 6.42 Å². The minimum Gasteiger partial charge on any atom is -0.342 e. The van der Waals surface area contributed by atoms with Gasteiger partial charge in [-0.25, -0.2) is 0 Å². The van der Waals surface area contributed by atoms with Crippen LogP contribution in [-0.2, 0) is 32.0 Å². The molecule has 0 saturated carbocycles. The minimum atomic E-state index is -0.860. The van der Waals surface area contributed by atoms with Gasteiger partial charge in [0.1, 0.15) is 24.2 Å². The Morgan fingerprint density at radius 1 is 0.667 bits per heavy atom. The highest BCUT2D eigenvalue weighted by Gasteiger charge is 2.40. The van der Waals surface area contributed by atoms with Crippen molar-refractivity contribution in [3.05, 3.63) is 71.8 Å². The number of rotatable bonds is 7. The highest BCUT2D eigenvalue weighted by molar-refractivity contribution is 5.97. The van der Waals surface area contributed by atoms with Crippen molar-refractivity contribution in [2.24, 2.45) is 11.8 Å². The lowest BCUT2D eigenvalue weighted by atomic mass is 9.96. The number of carbonyl (C=O) groups excluding carboxylic acids is 4. The normalized spacial score (nSPS) is 23.4. The van der Waals surface area contributed by atoms with Crippen LogP contribution in [0.2, 0.25) is 0 Å². The monoisotopic (exact) mass is 534 g/mol. The molecule has 0 aliphatic carbocycles. The Bertz CT molecular complexity index is 1100. The van der Waals surface area contributed by atoms with Crippen LogP contribution >= 0.6 is 0 Å². The van der Waals surface area contributed by atoms with Crippen LogP contribution in [0.4, 0.5) is 0 Å². The molecule has 2 aromatic rings. The van der Waals surface area contributed by atoms with Crippen LogP contribution in [0.5, 0.6) is 0 Å². The third kappa shape index (κ3) is 7.68. The second kappa shape index (κ2) is 13.4. The summed E-state index contributed by atoms with van der Waals surface area (Å²) in [6.07, 6.45) is 0.963. The second-order valence-corrected chi connectivity index (χ2v) is 11.2. The first-order valence-corrected chi connectivity index (χ1v) is 13.7. The summed E-state index contributed by atoms with van der Waals surface area (Å²) in [4.78, 5) is 58.1. The van der Waals surface area contributed by atoms with Gasteiger partial charge in [0.05, 0.1) is 0 Å². The largest absolute Gasteiger partial charge is 0.342 e. The van der Waals surface area contributed by atoms with Crippen LogP contribution in [0.1, 0.15) is 45.2 Å². The van der Waals surface area contributed by atoms with Crippen LogP contribution < -0.4 is 10.6 Å². The number of carbonyl (C=O) groups is 4. The molecule has 8 nitrogen and oxygen atoms in total. The van der Waals surface area contributed by atoms with Crippen molar-refractivity contribution in [1.82, 2.24) is 20.4 Å². The highest BCUT2D eigenvalue weighted by atomic mass is 16.2. The number of nitrogens with zero attached hydrogens (tertiary/aromatic N) is 2. The second-order valence-electron chi connectivity index (χ2n) is 11.2. The van der Waals surface area contributed by atoms with Crippen molar-refractivity contribution < 1.29 is 19.2 Å². The molecular weight excluding hydrogens is 492 g/mol. The van der Waals surface area contributed by atoms with Crippen LogP contribution in [0, 0.1) is 11.8 Å². The van der Waals surface area contributed by atoms with Crippen molar-refractivity contribution in [3.8, 4) is 0 Å². The summed E-state index contributed by atoms with van der Waals surface area (Å²) in [5.74, 6) is -1.59. The SMILES string of the molecule is CC(C)C[C@@H]1NC(=O)[C@H](Cc2ccccc2)N(C)C(=O)[C@H](C(C)C)NC(=O)[C@H](Cc2ccccc2)N(C)C1=O. The maximum atomic E-state index is 13.9. The van der Waals surface area contributed by atoms with Crippen LogP contribution in [0.25, 0.3) is 0 Å². The van der Waals surface area contributed by atoms with Crippen molar-refractivity contribution in [3.63, 3.8) is 0 Å². The molecule has 1 saturated heterocycles. The van der Waals surface area contributed by atoms with E-state index in [9.17, 15) is 19.2 Å². The number of nitrogens with one attached hydrogen (secondary N) is 2. The van der Waals surface area contributed by atoms with Crippen molar-refractivity contribution in [1.29, 1.82) is 0 Å². The lowest BCUT2D eigenvalue weighted by molar-refractivity contribution is -0.148. The van der Waals surface area contributed by atoms with Crippen LogP contribution in [0.3, 0.4) is 0 Å². The molecule has 39 heavy (non-hydrogen) atoms. The summed E-state index contributed by atoms with van der Waals surface area (Å²) < 4.78 is 0. The predicted molar refractivity (Wildman–Crippen MR) is 152 cm³/mol. The Morgan fingerprint density at radius 3 is 1.54 bits per heavy atom. The van der Waals surface area contributed by atoms with E-state index >= 15 is 0 Å². The first-order chi connectivity index (χ1) is 18.5. The van der Waals surface area contributed by atoms with Gasteiger partial charge in [0.25, 0.3) is 0 Å². The summed E-state index contributed by atoms with van der Waals surface area (Å²) in [5.41, 5.74) is 1.78. The predicted octanol–water partition coefficient (Wildman–Crippen LogP) is 2.81. The molecule has 2 N–H and O–H groups in total. The standard InChI is InChI=1S/C31H42N4O4/c1-20(2)17-24-30(38)34(5)26(19-23-15-11-8-12-16-23)29(37)33-27(21(3)4)31(39)35(6)25(28(36)32-24)18-22-13-9-7-10-14-22/h7-16,20-21,24-27H,17-19H2,1-6H3,(H,32,36)(H,33,37)/t24-,25-,26-,27-/m0/s1. The first-order valence-electron chi connectivity index (χ1n) is 13.7. The van der Waals surface area contributed by atoms with Gasteiger partial charge in [-0.3, -0.25) is 19.2 Å². The topological polar surface area (TPSA) is 98.8 Å². The number of benzene rings is 2. The van der Waals surface area contributed by atoms with E-state index in [-0.39, 0.29) is 36.5 Å².